The summed E-state index contributed by atoms with van der Waals surface area (Å²) in [4.78, 5) is 24.2. The molecule has 3 rings (SSSR count). The van der Waals surface area contributed by atoms with E-state index < -0.39 is 11.9 Å². The molecule has 0 atom stereocenters. The molecule has 6 nitrogen and oxygen atoms in total. The predicted molar refractivity (Wildman–Crippen MR) is 95.2 cm³/mol. The Morgan fingerprint density at radius 1 is 1.20 bits per heavy atom. The number of aromatic nitrogens is 3. The smallest absolute Gasteiger partial charge is 0.248 e. The van der Waals surface area contributed by atoms with Crippen LogP contribution in [0.5, 0.6) is 0 Å². The third-order valence-corrected chi connectivity index (χ3v) is 4.15. The molecule has 1 amide bonds. The van der Waals surface area contributed by atoms with Gasteiger partial charge in [-0.3, -0.25) is 4.79 Å². The highest BCUT2D eigenvalue weighted by atomic mass is 32.2. The Morgan fingerprint density at radius 3 is 2.60 bits per heavy atom. The van der Waals surface area contributed by atoms with Crippen LogP contribution in [-0.4, -0.2) is 27.1 Å². The van der Waals surface area contributed by atoms with E-state index >= 15 is 0 Å². The van der Waals surface area contributed by atoms with Crippen LogP contribution in [0.1, 0.15) is 10.4 Å². The molecule has 3 N–H and O–H groups in total. The number of nitrogens with one attached hydrogen (secondary N) is 1. The highest BCUT2D eigenvalue weighted by Crippen LogP contribution is 2.30. The Hall–Kier alpha value is -3.00. The van der Waals surface area contributed by atoms with Crippen LogP contribution in [0.2, 0.25) is 0 Å². The first-order chi connectivity index (χ1) is 12.1. The molecule has 0 aliphatic rings. The van der Waals surface area contributed by atoms with Crippen molar-refractivity contribution in [3.05, 3.63) is 60.3 Å². The first kappa shape index (κ1) is 16.8. The van der Waals surface area contributed by atoms with Crippen molar-refractivity contribution >= 4 is 29.3 Å². The third-order valence-electron chi connectivity index (χ3n) is 3.41. The van der Waals surface area contributed by atoms with E-state index in [-0.39, 0.29) is 0 Å². The standard InChI is InChI=1S/C17H14FN5OS/c1-25-13-9-21-17(22-11-6-4-10(5-7-11)16(19)24)23-14(13)12-3-2-8-20-15(12)18/h2-9H,1H3,(H2,19,24)(H,21,22,23). The Labute approximate surface area is 147 Å². The monoisotopic (exact) mass is 355 g/mol. The van der Waals surface area contributed by atoms with Gasteiger partial charge in [0.05, 0.1) is 16.2 Å². The van der Waals surface area contributed by atoms with Gasteiger partial charge in [-0.05, 0) is 42.7 Å². The van der Waals surface area contributed by atoms with Gasteiger partial charge in [0.1, 0.15) is 0 Å². The van der Waals surface area contributed by atoms with Gasteiger partial charge in [-0.2, -0.15) is 4.39 Å². The summed E-state index contributed by atoms with van der Waals surface area (Å²) < 4.78 is 14.0. The van der Waals surface area contributed by atoms with E-state index in [4.69, 9.17) is 5.73 Å². The lowest BCUT2D eigenvalue weighted by molar-refractivity contribution is 0.100. The Morgan fingerprint density at radius 2 is 1.96 bits per heavy atom. The van der Waals surface area contributed by atoms with Gasteiger partial charge in [0.15, 0.2) is 0 Å². The normalized spacial score (nSPS) is 10.5. The number of rotatable bonds is 5. The van der Waals surface area contributed by atoms with E-state index in [0.717, 1.165) is 4.90 Å². The minimum Gasteiger partial charge on any atom is -0.366 e. The van der Waals surface area contributed by atoms with Crippen molar-refractivity contribution in [2.45, 2.75) is 4.90 Å². The summed E-state index contributed by atoms with van der Waals surface area (Å²) in [5.41, 5.74) is 7.07. The number of halogens is 1. The fraction of sp³-hybridized carbons (Fsp3) is 0.0588. The van der Waals surface area contributed by atoms with Gasteiger partial charge >= 0.3 is 0 Å². The number of nitrogens with zero attached hydrogens (tertiary/aromatic N) is 3. The number of carbonyl (C=O) groups is 1. The van der Waals surface area contributed by atoms with Crippen LogP contribution in [0.3, 0.4) is 0 Å². The fourth-order valence-electron chi connectivity index (χ4n) is 2.18. The maximum atomic E-state index is 14.0. The molecule has 0 spiro atoms. The lowest BCUT2D eigenvalue weighted by Gasteiger charge is -2.10. The molecule has 0 saturated carbocycles. The van der Waals surface area contributed by atoms with Gasteiger partial charge in [-0.1, -0.05) is 0 Å². The molecule has 0 unspecified atom stereocenters. The predicted octanol–water partition coefficient (Wildman–Crippen LogP) is 3.24. The largest absolute Gasteiger partial charge is 0.366 e. The van der Waals surface area contributed by atoms with Crippen molar-refractivity contribution in [3.63, 3.8) is 0 Å². The minimum atomic E-state index is -0.590. The van der Waals surface area contributed by atoms with E-state index in [1.807, 2.05) is 6.26 Å². The van der Waals surface area contributed by atoms with Gasteiger partial charge in [-0.25, -0.2) is 15.0 Å². The number of benzene rings is 1. The average Bonchev–Trinajstić information content (AvgIpc) is 2.62. The highest BCUT2D eigenvalue weighted by molar-refractivity contribution is 7.98. The van der Waals surface area contributed by atoms with Gasteiger partial charge < -0.3 is 11.1 Å². The molecular formula is C17H14FN5OS. The Kier molecular flexibility index (Phi) is 4.90. The van der Waals surface area contributed by atoms with E-state index in [9.17, 15) is 9.18 Å². The van der Waals surface area contributed by atoms with E-state index in [1.165, 1.54) is 18.0 Å². The zero-order valence-corrected chi connectivity index (χ0v) is 14.0. The van der Waals surface area contributed by atoms with Crippen LogP contribution in [0, 0.1) is 5.95 Å². The SMILES string of the molecule is CSc1cnc(Nc2ccc(C(N)=O)cc2)nc1-c1cccnc1F. The van der Waals surface area contributed by atoms with E-state index in [1.54, 1.807) is 42.6 Å². The molecule has 2 aromatic heterocycles. The molecule has 25 heavy (non-hydrogen) atoms. The summed E-state index contributed by atoms with van der Waals surface area (Å²) in [7, 11) is 0. The van der Waals surface area contributed by atoms with Crippen LogP contribution in [0.25, 0.3) is 11.3 Å². The van der Waals surface area contributed by atoms with Gasteiger partial charge in [0, 0.05) is 23.6 Å². The molecule has 3 aromatic rings. The summed E-state index contributed by atoms with van der Waals surface area (Å²) in [5.74, 6) is -0.780. The molecule has 1 aromatic carbocycles. The molecular weight excluding hydrogens is 341 g/mol. The molecule has 0 aliphatic carbocycles. The van der Waals surface area contributed by atoms with Crippen molar-refractivity contribution in [2.75, 3.05) is 11.6 Å². The maximum Gasteiger partial charge on any atom is 0.248 e. The first-order valence-electron chi connectivity index (χ1n) is 7.27. The topological polar surface area (TPSA) is 93.8 Å². The maximum absolute atomic E-state index is 14.0. The second-order valence-corrected chi connectivity index (χ2v) is 5.87. The lowest BCUT2D eigenvalue weighted by Crippen LogP contribution is -2.10. The van der Waals surface area contributed by atoms with Crippen molar-refractivity contribution in [1.29, 1.82) is 0 Å². The quantitative estimate of drug-likeness (QED) is 0.539. The molecule has 0 aliphatic heterocycles. The van der Waals surface area contributed by atoms with Crippen LogP contribution >= 0.6 is 11.8 Å². The van der Waals surface area contributed by atoms with Crippen LogP contribution in [-0.2, 0) is 0 Å². The molecule has 8 heteroatoms. The molecule has 0 fully saturated rings. The number of pyridine rings is 1. The number of thioether (sulfide) groups is 1. The first-order valence-corrected chi connectivity index (χ1v) is 8.50. The highest BCUT2D eigenvalue weighted by Gasteiger charge is 2.14. The molecule has 2 heterocycles. The summed E-state index contributed by atoms with van der Waals surface area (Å²) in [6.45, 7) is 0. The second kappa shape index (κ2) is 7.27. The number of carbonyl (C=O) groups excluding carboxylic acids is 1. The Balaban J connectivity index is 1.94. The second-order valence-electron chi connectivity index (χ2n) is 5.02. The van der Waals surface area contributed by atoms with E-state index in [2.05, 4.69) is 20.3 Å². The van der Waals surface area contributed by atoms with Crippen LogP contribution in [0.4, 0.5) is 16.0 Å². The lowest BCUT2D eigenvalue weighted by atomic mass is 10.2. The van der Waals surface area contributed by atoms with Crippen molar-refractivity contribution in [1.82, 2.24) is 15.0 Å². The number of nitrogens with two attached hydrogens (primary N) is 1. The Bertz CT molecular complexity index is 917. The van der Waals surface area contributed by atoms with Crippen LogP contribution in [0.15, 0.2) is 53.7 Å². The van der Waals surface area contributed by atoms with Gasteiger partial charge in [0.2, 0.25) is 17.8 Å². The number of hydrogen-bond donors (Lipinski definition) is 2. The number of primary amides is 1. The van der Waals surface area contributed by atoms with Crippen molar-refractivity contribution < 1.29 is 9.18 Å². The zero-order valence-electron chi connectivity index (χ0n) is 13.2. The summed E-state index contributed by atoms with van der Waals surface area (Å²) >= 11 is 1.42. The molecule has 0 radical (unpaired) electrons. The van der Waals surface area contributed by atoms with E-state index in [0.29, 0.717) is 28.5 Å². The minimum absolute atomic E-state index is 0.307. The number of amides is 1. The van der Waals surface area contributed by atoms with Crippen LogP contribution < -0.4 is 11.1 Å². The fourth-order valence-corrected chi connectivity index (χ4v) is 2.69. The summed E-state index contributed by atoms with van der Waals surface area (Å²) in [5, 5.41) is 3.02. The molecule has 0 bridgehead atoms. The number of hydrogen-bond acceptors (Lipinski definition) is 6. The molecule has 126 valence electrons. The zero-order chi connectivity index (χ0) is 17.8. The summed E-state index contributed by atoms with van der Waals surface area (Å²) in [6.07, 6.45) is 4.88. The van der Waals surface area contributed by atoms with Crippen molar-refractivity contribution in [3.8, 4) is 11.3 Å². The molecule has 0 saturated heterocycles. The van der Waals surface area contributed by atoms with Crippen molar-refractivity contribution in [2.24, 2.45) is 5.73 Å². The summed E-state index contributed by atoms with van der Waals surface area (Å²) in [6, 6.07) is 9.86. The average molecular weight is 355 g/mol. The van der Waals surface area contributed by atoms with Gasteiger partial charge in [0.25, 0.3) is 0 Å². The number of anilines is 2. The third kappa shape index (κ3) is 3.74. The van der Waals surface area contributed by atoms with Gasteiger partial charge in [-0.15, -0.1) is 11.8 Å².